The SMILES string of the molecule is Cc1sc(=O)n(CC(=O)N[C@@H]2C[C@H]2c2ccccc2)c1-c1ccc(F)cc1. The Kier molecular flexibility index (Phi) is 4.66. The van der Waals surface area contributed by atoms with Gasteiger partial charge in [0.25, 0.3) is 0 Å². The van der Waals surface area contributed by atoms with Crippen molar-refractivity contribution in [2.24, 2.45) is 0 Å². The molecule has 4 rings (SSSR count). The Bertz CT molecular complexity index is 1020. The fourth-order valence-electron chi connectivity index (χ4n) is 3.45. The number of nitrogens with one attached hydrogen (secondary N) is 1. The normalized spacial score (nSPS) is 18.3. The van der Waals surface area contributed by atoms with Gasteiger partial charge in [-0.25, -0.2) is 4.39 Å². The van der Waals surface area contributed by atoms with Gasteiger partial charge < -0.3 is 5.32 Å². The maximum Gasteiger partial charge on any atom is 0.308 e. The van der Waals surface area contributed by atoms with E-state index in [1.165, 1.54) is 22.3 Å². The first-order valence-electron chi connectivity index (χ1n) is 8.83. The Balaban J connectivity index is 1.49. The van der Waals surface area contributed by atoms with E-state index in [0.29, 0.717) is 11.6 Å². The van der Waals surface area contributed by atoms with E-state index in [4.69, 9.17) is 0 Å². The zero-order chi connectivity index (χ0) is 19.0. The van der Waals surface area contributed by atoms with Crippen LogP contribution in [0.3, 0.4) is 0 Å². The van der Waals surface area contributed by atoms with Crippen molar-refractivity contribution >= 4 is 17.2 Å². The molecule has 0 radical (unpaired) electrons. The minimum absolute atomic E-state index is 0.0338. The number of aryl methyl sites for hydroxylation is 1. The number of thiazole rings is 1. The highest BCUT2D eigenvalue weighted by Crippen LogP contribution is 2.40. The van der Waals surface area contributed by atoms with Crippen molar-refractivity contribution in [1.29, 1.82) is 0 Å². The second kappa shape index (κ2) is 7.12. The van der Waals surface area contributed by atoms with Crippen LogP contribution < -0.4 is 10.2 Å². The van der Waals surface area contributed by atoms with E-state index in [2.05, 4.69) is 17.4 Å². The van der Waals surface area contributed by atoms with Crippen molar-refractivity contribution in [3.63, 3.8) is 0 Å². The number of halogens is 1. The van der Waals surface area contributed by atoms with Crippen LogP contribution in [0.15, 0.2) is 59.4 Å². The van der Waals surface area contributed by atoms with E-state index in [1.807, 2.05) is 25.1 Å². The zero-order valence-electron chi connectivity index (χ0n) is 14.8. The third-order valence-corrected chi connectivity index (χ3v) is 5.74. The van der Waals surface area contributed by atoms with Crippen molar-refractivity contribution in [3.05, 3.63) is 80.5 Å². The highest BCUT2D eigenvalue weighted by Gasteiger charge is 2.39. The number of hydrogen-bond acceptors (Lipinski definition) is 3. The molecule has 4 nitrogen and oxygen atoms in total. The summed E-state index contributed by atoms with van der Waals surface area (Å²) in [5, 5.41) is 3.02. The molecule has 27 heavy (non-hydrogen) atoms. The molecule has 1 aliphatic rings. The van der Waals surface area contributed by atoms with Crippen molar-refractivity contribution in [3.8, 4) is 11.3 Å². The van der Waals surface area contributed by atoms with E-state index in [1.54, 1.807) is 12.1 Å². The van der Waals surface area contributed by atoms with Crippen LogP contribution in [0.25, 0.3) is 11.3 Å². The lowest BCUT2D eigenvalue weighted by Crippen LogP contribution is -2.33. The monoisotopic (exact) mass is 382 g/mol. The third-order valence-electron chi connectivity index (χ3n) is 4.85. The number of hydrogen-bond donors (Lipinski definition) is 1. The zero-order valence-corrected chi connectivity index (χ0v) is 15.6. The molecule has 0 aliphatic heterocycles. The maximum atomic E-state index is 13.2. The quantitative estimate of drug-likeness (QED) is 0.732. The molecule has 3 aromatic rings. The predicted molar refractivity (Wildman–Crippen MR) is 104 cm³/mol. The Morgan fingerprint density at radius 3 is 2.59 bits per heavy atom. The molecule has 2 aromatic carbocycles. The van der Waals surface area contributed by atoms with Crippen LogP contribution in [0.2, 0.25) is 0 Å². The van der Waals surface area contributed by atoms with Gasteiger partial charge in [0.1, 0.15) is 12.4 Å². The van der Waals surface area contributed by atoms with Crippen molar-refractivity contribution in [1.82, 2.24) is 9.88 Å². The van der Waals surface area contributed by atoms with E-state index in [0.717, 1.165) is 28.2 Å². The average molecular weight is 382 g/mol. The first-order valence-corrected chi connectivity index (χ1v) is 9.65. The van der Waals surface area contributed by atoms with Crippen molar-refractivity contribution < 1.29 is 9.18 Å². The molecule has 1 saturated carbocycles. The lowest BCUT2D eigenvalue weighted by atomic mass is 10.1. The molecule has 1 aliphatic carbocycles. The molecule has 0 spiro atoms. The summed E-state index contributed by atoms with van der Waals surface area (Å²) in [7, 11) is 0. The second-order valence-electron chi connectivity index (χ2n) is 6.79. The lowest BCUT2D eigenvalue weighted by molar-refractivity contribution is -0.121. The van der Waals surface area contributed by atoms with Gasteiger partial charge in [-0.1, -0.05) is 41.7 Å². The summed E-state index contributed by atoms with van der Waals surface area (Å²) < 4.78 is 14.7. The van der Waals surface area contributed by atoms with Crippen molar-refractivity contribution in [2.45, 2.75) is 31.8 Å². The molecule has 1 heterocycles. The topological polar surface area (TPSA) is 51.1 Å². The van der Waals surface area contributed by atoms with Gasteiger partial charge in [-0.3, -0.25) is 14.2 Å². The molecule has 1 aromatic heterocycles. The molecular weight excluding hydrogens is 363 g/mol. The van der Waals surface area contributed by atoms with Crippen LogP contribution in [0.1, 0.15) is 22.8 Å². The number of carbonyl (C=O) groups is 1. The van der Waals surface area contributed by atoms with Gasteiger partial charge in [0.2, 0.25) is 5.91 Å². The molecule has 2 atom stereocenters. The van der Waals surface area contributed by atoms with Crippen LogP contribution in [0, 0.1) is 12.7 Å². The van der Waals surface area contributed by atoms with Gasteiger partial charge in [0.05, 0.1) is 5.69 Å². The second-order valence-corrected chi connectivity index (χ2v) is 7.96. The van der Waals surface area contributed by atoms with Gasteiger partial charge >= 0.3 is 4.87 Å². The number of amides is 1. The molecule has 6 heteroatoms. The number of carbonyl (C=O) groups excluding carboxylic acids is 1. The van der Waals surface area contributed by atoms with Gasteiger partial charge in [-0.2, -0.15) is 0 Å². The maximum absolute atomic E-state index is 13.2. The molecular formula is C21H19FN2O2S. The number of benzene rings is 2. The smallest absolute Gasteiger partial charge is 0.308 e. The summed E-state index contributed by atoms with van der Waals surface area (Å²) in [5.41, 5.74) is 2.63. The summed E-state index contributed by atoms with van der Waals surface area (Å²) in [4.78, 5) is 25.5. The summed E-state index contributed by atoms with van der Waals surface area (Å²) in [6.45, 7) is 1.80. The van der Waals surface area contributed by atoms with E-state index >= 15 is 0 Å². The van der Waals surface area contributed by atoms with Crippen LogP contribution in [0.4, 0.5) is 4.39 Å². The van der Waals surface area contributed by atoms with E-state index in [-0.39, 0.29) is 29.2 Å². The first kappa shape index (κ1) is 17.7. The summed E-state index contributed by atoms with van der Waals surface area (Å²) in [6, 6.07) is 16.2. The number of rotatable bonds is 5. The fourth-order valence-corrected chi connectivity index (χ4v) is 4.30. The highest BCUT2D eigenvalue weighted by atomic mass is 32.1. The number of nitrogens with zero attached hydrogens (tertiary/aromatic N) is 1. The van der Waals surface area contributed by atoms with Crippen LogP contribution in [-0.4, -0.2) is 16.5 Å². The van der Waals surface area contributed by atoms with Gasteiger partial charge in [0, 0.05) is 16.8 Å². The average Bonchev–Trinajstić information content (AvgIpc) is 3.36. The molecule has 0 bridgehead atoms. The predicted octanol–water partition coefficient (Wildman–Crippen LogP) is 3.70. The Morgan fingerprint density at radius 1 is 1.19 bits per heavy atom. The molecule has 1 N–H and O–H groups in total. The van der Waals surface area contributed by atoms with Gasteiger partial charge in [-0.05, 0) is 48.7 Å². The molecule has 138 valence electrons. The van der Waals surface area contributed by atoms with Crippen LogP contribution >= 0.6 is 11.3 Å². The Morgan fingerprint density at radius 2 is 1.89 bits per heavy atom. The first-order chi connectivity index (χ1) is 13.0. The standard InChI is InChI=1S/C21H19FN2O2S/c1-13-20(15-7-9-16(22)10-8-15)24(21(26)27-13)12-19(25)23-18-11-17(18)14-5-3-2-4-6-14/h2-10,17-18H,11-12H2,1H3,(H,23,25)/t17-,18+/m0/s1. The fraction of sp³-hybridized carbons (Fsp3) is 0.238. The minimum atomic E-state index is -0.334. The van der Waals surface area contributed by atoms with Gasteiger partial charge in [-0.15, -0.1) is 0 Å². The van der Waals surface area contributed by atoms with Crippen LogP contribution in [0.5, 0.6) is 0 Å². The molecule has 1 fully saturated rings. The Labute approximate surface area is 160 Å². The summed E-state index contributed by atoms with van der Waals surface area (Å²) in [5.74, 6) is -0.173. The lowest BCUT2D eigenvalue weighted by Gasteiger charge is -2.10. The summed E-state index contributed by atoms with van der Waals surface area (Å²) >= 11 is 1.10. The van der Waals surface area contributed by atoms with Crippen LogP contribution in [-0.2, 0) is 11.3 Å². The van der Waals surface area contributed by atoms with Gasteiger partial charge in [0.15, 0.2) is 0 Å². The summed E-state index contributed by atoms with van der Waals surface area (Å²) in [6.07, 6.45) is 0.915. The molecule has 0 unspecified atom stereocenters. The van der Waals surface area contributed by atoms with E-state index in [9.17, 15) is 14.0 Å². The third kappa shape index (κ3) is 3.71. The minimum Gasteiger partial charge on any atom is -0.351 e. The molecule has 0 saturated heterocycles. The van der Waals surface area contributed by atoms with Crippen molar-refractivity contribution in [2.75, 3.05) is 0 Å². The highest BCUT2D eigenvalue weighted by molar-refractivity contribution is 7.09. The Hall–Kier alpha value is -2.73. The molecule has 1 amide bonds. The van der Waals surface area contributed by atoms with E-state index < -0.39 is 0 Å². The number of aromatic nitrogens is 1. The largest absolute Gasteiger partial charge is 0.351 e.